The maximum absolute atomic E-state index is 12.3. The molecule has 6 heteroatoms. The van der Waals surface area contributed by atoms with E-state index in [1.165, 1.54) is 4.31 Å². The predicted molar refractivity (Wildman–Crippen MR) is 69.6 cm³/mol. The fourth-order valence-corrected chi connectivity index (χ4v) is 3.96. The summed E-state index contributed by atoms with van der Waals surface area (Å²) in [4.78, 5) is 0. The highest BCUT2D eigenvalue weighted by atomic mass is 32.2. The van der Waals surface area contributed by atoms with E-state index in [4.69, 9.17) is 4.42 Å². The maximum atomic E-state index is 12.3. The molecule has 1 atom stereocenters. The van der Waals surface area contributed by atoms with Crippen LogP contribution in [0.25, 0.3) is 0 Å². The summed E-state index contributed by atoms with van der Waals surface area (Å²) in [5, 5.41) is 3.22. The maximum Gasteiger partial charge on any atom is 0.216 e. The standard InChI is InChI=1S/C12H20N2O3S/c1-2-14(9-12-6-4-8-17-12)18(15,16)10-11-5-3-7-13-11/h4,6,8,11,13H,2-3,5,7,9-10H2,1H3. The van der Waals surface area contributed by atoms with Crippen molar-refractivity contribution in [3.8, 4) is 0 Å². The van der Waals surface area contributed by atoms with Crippen LogP contribution < -0.4 is 5.32 Å². The normalized spacial score (nSPS) is 20.7. The van der Waals surface area contributed by atoms with Crippen molar-refractivity contribution in [1.29, 1.82) is 0 Å². The van der Waals surface area contributed by atoms with Gasteiger partial charge in [0.25, 0.3) is 0 Å². The summed E-state index contributed by atoms with van der Waals surface area (Å²) in [6.07, 6.45) is 3.57. The van der Waals surface area contributed by atoms with Crippen molar-refractivity contribution >= 4 is 10.0 Å². The summed E-state index contributed by atoms with van der Waals surface area (Å²) < 4.78 is 31.3. The average molecular weight is 272 g/mol. The van der Waals surface area contributed by atoms with E-state index in [2.05, 4.69) is 5.32 Å². The van der Waals surface area contributed by atoms with Crippen molar-refractivity contribution in [3.05, 3.63) is 24.2 Å². The van der Waals surface area contributed by atoms with Crippen LogP contribution in [0.2, 0.25) is 0 Å². The van der Waals surface area contributed by atoms with Crippen LogP contribution in [0.4, 0.5) is 0 Å². The third-order valence-corrected chi connectivity index (χ3v) is 5.23. The topological polar surface area (TPSA) is 62.6 Å². The van der Waals surface area contributed by atoms with Gasteiger partial charge in [-0.15, -0.1) is 0 Å². The summed E-state index contributed by atoms with van der Waals surface area (Å²) in [7, 11) is -3.22. The van der Waals surface area contributed by atoms with Gasteiger partial charge in [0.2, 0.25) is 10.0 Å². The second kappa shape index (κ2) is 5.86. The molecule has 0 bridgehead atoms. The van der Waals surface area contributed by atoms with Gasteiger partial charge < -0.3 is 9.73 Å². The molecule has 0 radical (unpaired) electrons. The Morgan fingerprint density at radius 1 is 1.56 bits per heavy atom. The second-order valence-corrected chi connectivity index (χ2v) is 6.59. The minimum absolute atomic E-state index is 0.0978. The number of hydrogen-bond acceptors (Lipinski definition) is 4. The summed E-state index contributed by atoms with van der Waals surface area (Å²) in [6, 6.07) is 3.67. The van der Waals surface area contributed by atoms with Crippen LogP contribution >= 0.6 is 0 Å². The van der Waals surface area contributed by atoms with Crippen LogP contribution in [0.1, 0.15) is 25.5 Å². The van der Waals surface area contributed by atoms with Crippen LogP contribution in [0, 0.1) is 0 Å². The Kier molecular flexibility index (Phi) is 4.42. The van der Waals surface area contributed by atoms with E-state index in [0.29, 0.717) is 18.8 Å². The molecule has 5 nitrogen and oxygen atoms in total. The van der Waals surface area contributed by atoms with Crippen molar-refractivity contribution in [2.75, 3.05) is 18.8 Å². The SMILES string of the molecule is CCN(Cc1ccco1)S(=O)(=O)CC1CCCN1. The Labute approximate surface area is 108 Å². The molecule has 1 aliphatic heterocycles. The molecule has 2 heterocycles. The van der Waals surface area contributed by atoms with Gasteiger partial charge in [0.05, 0.1) is 18.6 Å². The number of rotatable bonds is 6. The monoisotopic (exact) mass is 272 g/mol. The molecule has 1 aromatic rings. The summed E-state index contributed by atoms with van der Waals surface area (Å²) in [5.41, 5.74) is 0. The van der Waals surface area contributed by atoms with Gasteiger partial charge in [0.15, 0.2) is 0 Å². The second-order valence-electron chi connectivity index (χ2n) is 4.58. The third kappa shape index (κ3) is 3.34. The van der Waals surface area contributed by atoms with Gasteiger partial charge in [-0.25, -0.2) is 8.42 Å². The minimum atomic E-state index is -3.22. The molecule has 0 spiro atoms. The molecule has 0 aromatic carbocycles. The molecule has 1 fully saturated rings. The lowest BCUT2D eigenvalue weighted by Crippen LogP contribution is -2.39. The average Bonchev–Trinajstić information content (AvgIpc) is 2.97. The highest BCUT2D eigenvalue weighted by Crippen LogP contribution is 2.14. The quantitative estimate of drug-likeness (QED) is 0.845. The van der Waals surface area contributed by atoms with Gasteiger partial charge in [-0.3, -0.25) is 0 Å². The first-order valence-electron chi connectivity index (χ1n) is 6.35. The number of nitrogens with one attached hydrogen (secondary N) is 1. The Morgan fingerprint density at radius 3 is 2.94 bits per heavy atom. The lowest BCUT2D eigenvalue weighted by Gasteiger charge is -2.21. The van der Waals surface area contributed by atoms with E-state index >= 15 is 0 Å². The van der Waals surface area contributed by atoms with E-state index in [1.54, 1.807) is 18.4 Å². The Hall–Kier alpha value is -0.850. The van der Waals surface area contributed by atoms with Crippen molar-refractivity contribution in [3.63, 3.8) is 0 Å². The first-order chi connectivity index (χ1) is 8.62. The molecule has 0 aliphatic carbocycles. The molecule has 1 saturated heterocycles. The van der Waals surface area contributed by atoms with Crippen molar-refractivity contribution in [2.45, 2.75) is 32.4 Å². The van der Waals surface area contributed by atoms with Crippen LogP contribution in [0.3, 0.4) is 0 Å². The zero-order valence-corrected chi connectivity index (χ0v) is 11.4. The molecule has 1 aromatic heterocycles. The zero-order chi connectivity index (χ0) is 13.0. The van der Waals surface area contributed by atoms with Gasteiger partial charge in [-0.2, -0.15) is 4.31 Å². The number of furan rings is 1. The highest BCUT2D eigenvalue weighted by molar-refractivity contribution is 7.89. The fourth-order valence-electron chi connectivity index (χ4n) is 2.24. The number of hydrogen-bond donors (Lipinski definition) is 1. The largest absolute Gasteiger partial charge is 0.468 e. The van der Waals surface area contributed by atoms with Gasteiger partial charge in [0, 0.05) is 12.6 Å². The van der Waals surface area contributed by atoms with Crippen LogP contribution in [0.5, 0.6) is 0 Å². The smallest absolute Gasteiger partial charge is 0.216 e. The summed E-state index contributed by atoms with van der Waals surface area (Å²) in [6.45, 7) is 3.56. The lowest BCUT2D eigenvalue weighted by atomic mass is 10.3. The Balaban J connectivity index is 2.00. The summed E-state index contributed by atoms with van der Waals surface area (Å²) in [5.74, 6) is 0.862. The molecule has 0 amide bonds. The number of sulfonamides is 1. The fraction of sp³-hybridized carbons (Fsp3) is 0.667. The van der Waals surface area contributed by atoms with E-state index < -0.39 is 10.0 Å². The van der Waals surface area contributed by atoms with Crippen molar-refractivity contribution in [1.82, 2.24) is 9.62 Å². The Morgan fingerprint density at radius 2 is 2.39 bits per heavy atom. The van der Waals surface area contributed by atoms with Crippen LogP contribution in [-0.2, 0) is 16.6 Å². The summed E-state index contributed by atoms with van der Waals surface area (Å²) >= 11 is 0. The zero-order valence-electron chi connectivity index (χ0n) is 10.6. The first-order valence-corrected chi connectivity index (χ1v) is 7.96. The first kappa shape index (κ1) is 13.6. The van der Waals surface area contributed by atoms with Gasteiger partial charge in [0.1, 0.15) is 5.76 Å². The molecular formula is C12H20N2O3S. The lowest BCUT2D eigenvalue weighted by molar-refractivity contribution is 0.373. The van der Waals surface area contributed by atoms with Crippen LogP contribution in [0.15, 0.2) is 22.8 Å². The predicted octanol–water partition coefficient (Wildman–Crippen LogP) is 1.18. The molecule has 1 unspecified atom stereocenters. The number of nitrogens with zero attached hydrogens (tertiary/aromatic N) is 1. The Bertz CT molecular complexity index is 450. The van der Waals surface area contributed by atoms with Gasteiger partial charge in [-0.1, -0.05) is 6.92 Å². The molecule has 2 rings (SSSR count). The van der Waals surface area contributed by atoms with Gasteiger partial charge >= 0.3 is 0 Å². The third-order valence-electron chi connectivity index (χ3n) is 3.23. The highest BCUT2D eigenvalue weighted by Gasteiger charge is 2.27. The molecule has 1 aliphatic rings. The van der Waals surface area contributed by atoms with E-state index in [0.717, 1.165) is 19.4 Å². The van der Waals surface area contributed by atoms with E-state index in [1.807, 2.05) is 6.92 Å². The van der Waals surface area contributed by atoms with E-state index in [9.17, 15) is 8.42 Å². The molecule has 0 saturated carbocycles. The van der Waals surface area contributed by atoms with Gasteiger partial charge in [-0.05, 0) is 31.5 Å². The van der Waals surface area contributed by atoms with Crippen molar-refractivity contribution < 1.29 is 12.8 Å². The molecule has 102 valence electrons. The van der Waals surface area contributed by atoms with E-state index in [-0.39, 0.29) is 11.8 Å². The van der Waals surface area contributed by atoms with Crippen molar-refractivity contribution in [2.24, 2.45) is 0 Å². The minimum Gasteiger partial charge on any atom is -0.468 e. The van der Waals surface area contributed by atoms with Crippen LogP contribution in [-0.4, -0.2) is 37.6 Å². The molecule has 18 heavy (non-hydrogen) atoms. The molecule has 1 N–H and O–H groups in total. The molecular weight excluding hydrogens is 252 g/mol.